The van der Waals surface area contributed by atoms with E-state index in [1.165, 1.54) is 0 Å². The lowest BCUT2D eigenvalue weighted by atomic mass is 10.1. The van der Waals surface area contributed by atoms with Gasteiger partial charge in [0.2, 0.25) is 0 Å². The van der Waals surface area contributed by atoms with Gasteiger partial charge >= 0.3 is 0 Å². The molecule has 0 aliphatic rings. The Labute approximate surface area is 77.2 Å². The molecule has 0 N–H and O–H groups in total. The van der Waals surface area contributed by atoms with Gasteiger partial charge in [-0.15, -0.1) is 0 Å². The van der Waals surface area contributed by atoms with Crippen molar-refractivity contribution in [1.29, 1.82) is 5.26 Å². The second-order valence-corrected chi connectivity index (χ2v) is 2.98. The predicted octanol–water partition coefficient (Wildman–Crippen LogP) is 2.51. The molecule has 0 saturated heterocycles. The molecule has 0 aromatic rings. The first kappa shape index (κ1) is 14.0. The van der Waals surface area contributed by atoms with Crippen molar-refractivity contribution in [2.75, 3.05) is 20.6 Å². The molecule has 0 rings (SSSR count). The van der Waals surface area contributed by atoms with Gasteiger partial charge in [0, 0.05) is 5.92 Å². The monoisotopic (exact) mass is 170 g/mol. The molecular weight excluding hydrogens is 148 g/mol. The second-order valence-electron chi connectivity index (χ2n) is 2.98. The Morgan fingerprint density at radius 1 is 1.33 bits per heavy atom. The molecule has 2 nitrogen and oxygen atoms in total. The van der Waals surface area contributed by atoms with Crippen molar-refractivity contribution in [1.82, 2.24) is 4.90 Å². The van der Waals surface area contributed by atoms with Crippen LogP contribution in [0.25, 0.3) is 0 Å². The van der Waals surface area contributed by atoms with Crippen molar-refractivity contribution < 1.29 is 0 Å². The van der Waals surface area contributed by atoms with Crippen molar-refractivity contribution in [3.63, 3.8) is 0 Å². The average molecular weight is 170 g/mol. The van der Waals surface area contributed by atoms with Crippen molar-refractivity contribution in [3.05, 3.63) is 0 Å². The first-order chi connectivity index (χ1) is 5.66. The minimum absolute atomic E-state index is 0.222. The van der Waals surface area contributed by atoms with Gasteiger partial charge in [0.25, 0.3) is 0 Å². The fraction of sp³-hybridized carbons (Fsp3) is 0.900. The van der Waals surface area contributed by atoms with Gasteiger partial charge in [0.05, 0.1) is 6.07 Å². The lowest BCUT2D eigenvalue weighted by molar-refractivity contribution is 0.385. The SMILES string of the molecule is CC.C[C@@H](C#N)CCCN(C)C. The molecular formula is C10H22N2. The number of rotatable bonds is 4. The minimum atomic E-state index is 0.222. The summed E-state index contributed by atoms with van der Waals surface area (Å²) in [7, 11) is 4.11. The molecule has 2 heteroatoms. The van der Waals surface area contributed by atoms with Gasteiger partial charge in [0.1, 0.15) is 0 Å². The highest BCUT2D eigenvalue weighted by molar-refractivity contribution is 4.78. The molecule has 0 aromatic carbocycles. The molecule has 1 atom stereocenters. The molecule has 0 unspecified atom stereocenters. The van der Waals surface area contributed by atoms with E-state index in [-0.39, 0.29) is 5.92 Å². The minimum Gasteiger partial charge on any atom is -0.309 e. The Morgan fingerprint density at radius 2 is 1.83 bits per heavy atom. The Kier molecular flexibility index (Phi) is 12.2. The highest BCUT2D eigenvalue weighted by atomic mass is 15.0. The van der Waals surface area contributed by atoms with E-state index in [0.29, 0.717) is 0 Å². The third-order valence-corrected chi connectivity index (χ3v) is 1.46. The molecule has 0 aromatic heterocycles. The summed E-state index contributed by atoms with van der Waals surface area (Å²) in [6, 6.07) is 2.22. The summed E-state index contributed by atoms with van der Waals surface area (Å²) in [5.74, 6) is 0.222. The lowest BCUT2D eigenvalue weighted by Gasteiger charge is -2.08. The van der Waals surface area contributed by atoms with Gasteiger partial charge in [-0.25, -0.2) is 0 Å². The van der Waals surface area contributed by atoms with Gasteiger partial charge < -0.3 is 4.90 Å². The number of hydrogen-bond donors (Lipinski definition) is 0. The molecule has 72 valence electrons. The van der Waals surface area contributed by atoms with Gasteiger partial charge in [-0.1, -0.05) is 13.8 Å². The third-order valence-electron chi connectivity index (χ3n) is 1.46. The number of nitrogens with zero attached hydrogens (tertiary/aromatic N) is 2. The topological polar surface area (TPSA) is 27.0 Å². The third kappa shape index (κ3) is 12.2. The van der Waals surface area contributed by atoms with Gasteiger partial charge in [-0.05, 0) is 40.4 Å². The number of hydrogen-bond acceptors (Lipinski definition) is 2. The fourth-order valence-electron chi connectivity index (χ4n) is 0.778. The van der Waals surface area contributed by atoms with Crippen LogP contribution in [0.3, 0.4) is 0 Å². The van der Waals surface area contributed by atoms with Gasteiger partial charge in [0.15, 0.2) is 0 Å². The maximum absolute atomic E-state index is 8.44. The largest absolute Gasteiger partial charge is 0.309 e. The van der Waals surface area contributed by atoms with Crippen molar-refractivity contribution >= 4 is 0 Å². The molecule has 0 amide bonds. The lowest BCUT2D eigenvalue weighted by Crippen LogP contribution is -2.13. The second kappa shape index (κ2) is 10.4. The molecule has 0 radical (unpaired) electrons. The predicted molar refractivity (Wildman–Crippen MR) is 53.9 cm³/mol. The summed E-state index contributed by atoms with van der Waals surface area (Å²) in [6.45, 7) is 7.06. The summed E-state index contributed by atoms with van der Waals surface area (Å²) in [5.41, 5.74) is 0. The van der Waals surface area contributed by atoms with E-state index in [9.17, 15) is 0 Å². The smallest absolute Gasteiger partial charge is 0.0652 e. The summed E-state index contributed by atoms with van der Waals surface area (Å²) >= 11 is 0. The van der Waals surface area contributed by atoms with Crippen molar-refractivity contribution in [3.8, 4) is 6.07 Å². The zero-order valence-electron chi connectivity index (χ0n) is 9.09. The van der Waals surface area contributed by atoms with E-state index >= 15 is 0 Å². The van der Waals surface area contributed by atoms with Gasteiger partial charge in [-0.3, -0.25) is 0 Å². The number of nitriles is 1. The maximum atomic E-state index is 8.44. The molecule has 0 aliphatic heterocycles. The summed E-state index contributed by atoms with van der Waals surface area (Å²) < 4.78 is 0. The van der Waals surface area contributed by atoms with Crippen LogP contribution in [0.5, 0.6) is 0 Å². The van der Waals surface area contributed by atoms with Crippen LogP contribution in [-0.4, -0.2) is 25.5 Å². The maximum Gasteiger partial charge on any atom is 0.0652 e. The Balaban J connectivity index is 0. The van der Waals surface area contributed by atoms with Crippen molar-refractivity contribution in [2.24, 2.45) is 5.92 Å². The highest BCUT2D eigenvalue weighted by Crippen LogP contribution is 2.02. The molecule has 0 fully saturated rings. The fourth-order valence-corrected chi connectivity index (χ4v) is 0.778. The van der Waals surface area contributed by atoms with E-state index in [1.54, 1.807) is 0 Å². The van der Waals surface area contributed by atoms with E-state index in [4.69, 9.17) is 5.26 Å². The molecule has 12 heavy (non-hydrogen) atoms. The van der Waals surface area contributed by atoms with Crippen LogP contribution in [-0.2, 0) is 0 Å². The molecule has 0 saturated carbocycles. The van der Waals surface area contributed by atoms with E-state index in [1.807, 2.05) is 20.8 Å². The summed E-state index contributed by atoms with van der Waals surface area (Å²) in [6.07, 6.45) is 2.15. The Morgan fingerprint density at radius 3 is 2.17 bits per heavy atom. The summed E-state index contributed by atoms with van der Waals surface area (Å²) in [4.78, 5) is 2.14. The molecule has 0 bridgehead atoms. The van der Waals surface area contributed by atoms with Crippen LogP contribution in [0, 0.1) is 17.2 Å². The van der Waals surface area contributed by atoms with Crippen LogP contribution in [0.1, 0.15) is 33.6 Å². The zero-order valence-corrected chi connectivity index (χ0v) is 9.09. The highest BCUT2D eigenvalue weighted by Gasteiger charge is 1.98. The first-order valence-electron chi connectivity index (χ1n) is 4.71. The normalized spacial score (nSPS) is 11.4. The quantitative estimate of drug-likeness (QED) is 0.648. The van der Waals surface area contributed by atoms with Crippen LogP contribution in [0.2, 0.25) is 0 Å². The van der Waals surface area contributed by atoms with E-state index in [0.717, 1.165) is 19.4 Å². The Bertz CT molecular complexity index is 113. The van der Waals surface area contributed by atoms with Crippen LogP contribution >= 0.6 is 0 Å². The molecule has 0 aliphatic carbocycles. The van der Waals surface area contributed by atoms with E-state index < -0.39 is 0 Å². The van der Waals surface area contributed by atoms with Crippen LogP contribution in [0.15, 0.2) is 0 Å². The van der Waals surface area contributed by atoms with Crippen LogP contribution in [0.4, 0.5) is 0 Å². The van der Waals surface area contributed by atoms with E-state index in [2.05, 4.69) is 25.1 Å². The average Bonchev–Trinajstić information content (AvgIpc) is 2.07. The zero-order chi connectivity index (χ0) is 9.98. The van der Waals surface area contributed by atoms with Gasteiger partial charge in [-0.2, -0.15) is 5.26 Å². The summed E-state index contributed by atoms with van der Waals surface area (Å²) in [5, 5.41) is 8.44. The first-order valence-corrected chi connectivity index (χ1v) is 4.71. The van der Waals surface area contributed by atoms with Crippen LogP contribution < -0.4 is 0 Å². The molecule has 0 spiro atoms. The standard InChI is InChI=1S/C8H16N2.C2H6/c1-8(7-9)5-4-6-10(2)3;1-2/h8H,4-6H2,1-3H3;1-2H3/t8-;/m1./s1. The Hall–Kier alpha value is -0.550. The van der Waals surface area contributed by atoms with Crippen molar-refractivity contribution in [2.45, 2.75) is 33.6 Å². The molecule has 0 heterocycles.